The summed E-state index contributed by atoms with van der Waals surface area (Å²) < 4.78 is 0. The molecular formula is C27H40ClNO3. The summed E-state index contributed by atoms with van der Waals surface area (Å²) >= 11 is 6.41. The Labute approximate surface area is 198 Å². The van der Waals surface area contributed by atoms with Crippen molar-refractivity contribution in [3.05, 3.63) is 38.9 Å². The van der Waals surface area contributed by atoms with E-state index in [1.165, 1.54) is 76.7 Å². The van der Waals surface area contributed by atoms with Gasteiger partial charge in [-0.3, -0.25) is 10.1 Å². The molecule has 3 fully saturated rings. The van der Waals surface area contributed by atoms with Crippen LogP contribution in [-0.2, 0) is 5.60 Å². The number of benzene rings is 1. The number of hydrogen-bond donors (Lipinski definition) is 1. The first kappa shape index (κ1) is 24.0. The monoisotopic (exact) mass is 461 g/mol. The van der Waals surface area contributed by atoms with Crippen molar-refractivity contribution in [2.45, 2.75) is 115 Å². The fourth-order valence-corrected chi connectivity index (χ4v) is 7.38. The van der Waals surface area contributed by atoms with Crippen LogP contribution in [0.5, 0.6) is 0 Å². The van der Waals surface area contributed by atoms with Crippen molar-refractivity contribution in [3.8, 4) is 0 Å². The van der Waals surface area contributed by atoms with Crippen molar-refractivity contribution in [2.75, 3.05) is 0 Å². The van der Waals surface area contributed by atoms with Crippen molar-refractivity contribution in [3.63, 3.8) is 0 Å². The van der Waals surface area contributed by atoms with Crippen LogP contribution in [0.15, 0.2) is 18.2 Å². The lowest BCUT2D eigenvalue weighted by Crippen LogP contribution is -2.45. The van der Waals surface area contributed by atoms with Gasteiger partial charge in [-0.25, -0.2) is 0 Å². The summed E-state index contributed by atoms with van der Waals surface area (Å²) in [7, 11) is 0. The van der Waals surface area contributed by atoms with Gasteiger partial charge in [0.15, 0.2) is 0 Å². The van der Waals surface area contributed by atoms with Crippen LogP contribution in [0.1, 0.15) is 115 Å². The molecule has 1 aromatic carbocycles. The smallest absolute Gasteiger partial charge is 0.287 e. The van der Waals surface area contributed by atoms with Gasteiger partial charge in [-0.2, -0.15) is 0 Å². The zero-order valence-electron chi connectivity index (χ0n) is 19.5. The number of rotatable bonds is 4. The third-order valence-corrected chi connectivity index (χ3v) is 9.25. The molecule has 0 aromatic heterocycles. The number of nitro benzene ring substituents is 1. The van der Waals surface area contributed by atoms with Gasteiger partial charge in [0.05, 0.1) is 10.5 Å². The van der Waals surface area contributed by atoms with E-state index in [4.69, 9.17) is 11.6 Å². The zero-order valence-corrected chi connectivity index (χ0v) is 20.3. The summed E-state index contributed by atoms with van der Waals surface area (Å²) in [6, 6.07) is 5.07. The molecule has 0 saturated heterocycles. The Morgan fingerprint density at radius 3 is 2.06 bits per heavy atom. The van der Waals surface area contributed by atoms with Crippen molar-refractivity contribution in [2.24, 2.45) is 17.3 Å². The van der Waals surface area contributed by atoms with Gasteiger partial charge in [0, 0.05) is 11.5 Å². The van der Waals surface area contributed by atoms with Gasteiger partial charge in [-0.05, 0) is 61.6 Å². The molecule has 3 aliphatic carbocycles. The highest BCUT2D eigenvalue weighted by molar-refractivity contribution is 6.32. The average molecular weight is 462 g/mol. The van der Waals surface area contributed by atoms with Crippen LogP contribution < -0.4 is 0 Å². The number of nitro groups is 1. The van der Waals surface area contributed by atoms with E-state index in [0.717, 1.165) is 44.1 Å². The molecule has 3 saturated carbocycles. The molecule has 3 atom stereocenters. The fraction of sp³-hybridized carbons (Fsp3) is 0.778. The van der Waals surface area contributed by atoms with Crippen molar-refractivity contribution < 1.29 is 10.0 Å². The maximum Gasteiger partial charge on any atom is 0.287 e. The molecule has 0 heterocycles. The summed E-state index contributed by atoms with van der Waals surface area (Å²) in [5, 5.41) is 24.4. The van der Waals surface area contributed by atoms with Crippen LogP contribution in [0, 0.1) is 27.4 Å². The molecule has 178 valence electrons. The van der Waals surface area contributed by atoms with Crippen LogP contribution in [-0.4, -0.2) is 10.0 Å². The highest BCUT2D eigenvalue weighted by atomic mass is 35.5. The summed E-state index contributed by atoms with van der Waals surface area (Å²) in [5.41, 5.74) is -0.275. The Balaban J connectivity index is 1.75. The fourth-order valence-electron chi connectivity index (χ4n) is 7.13. The summed E-state index contributed by atoms with van der Waals surface area (Å²) in [4.78, 5) is 11.0. The first-order chi connectivity index (χ1) is 15.5. The minimum atomic E-state index is -0.944. The minimum Gasteiger partial charge on any atom is -0.384 e. The molecule has 0 aliphatic heterocycles. The van der Waals surface area contributed by atoms with Crippen LogP contribution in [0.25, 0.3) is 0 Å². The lowest BCUT2D eigenvalue weighted by atomic mass is 9.64. The second-order valence-electron chi connectivity index (χ2n) is 10.8. The summed E-state index contributed by atoms with van der Waals surface area (Å²) in [6.45, 7) is 0. The molecule has 0 amide bonds. The maximum absolute atomic E-state index is 12.8. The Morgan fingerprint density at radius 2 is 1.47 bits per heavy atom. The predicted octanol–water partition coefficient (Wildman–Crippen LogP) is 8.33. The van der Waals surface area contributed by atoms with Gasteiger partial charge in [-0.15, -0.1) is 0 Å². The molecule has 4 rings (SSSR count). The van der Waals surface area contributed by atoms with Crippen molar-refractivity contribution >= 4 is 17.3 Å². The molecule has 5 heteroatoms. The van der Waals surface area contributed by atoms with Gasteiger partial charge in [-0.1, -0.05) is 88.7 Å². The first-order valence-corrected chi connectivity index (χ1v) is 13.5. The quantitative estimate of drug-likeness (QED) is 0.362. The van der Waals surface area contributed by atoms with Gasteiger partial charge >= 0.3 is 0 Å². The molecule has 32 heavy (non-hydrogen) atoms. The number of aliphatic hydroxyl groups is 1. The SMILES string of the molecule is O=[N+]([O-])c1ccc(C(O)(C2CCCCCCCC2)C23CCCCCCCCC2C3)cc1Cl. The van der Waals surface area contributed by atoms with E-state index in [1.807, 2.05) is 6.07 Å². The molecule has 3 aliphatic rings. The van der Waals surface area contributed by atoms with Gasteiger partial charge in [0.1, 0.15) is 5.02 Å². The molecule has 0 bridgehead atoms. The Bertz CT molecular complexity index is 789. The summed E-state index contributed by atoms with van der Waals surface area (Å²) in [6.07, 6.45) is 20.5. The third-order valence-electron chi connectivity index (χ3n) is 8.95. The van der Waals surface area contributed by atoms with E-state index in [1.54, 1.807) is 6.07 Å². The molecule has 0 radical (unpaired) electrons. The number of halogens is 1. The van der Waals surface area contributed by atoms with Crippen LogP contribution in [0.3, 0.4) is 0 Å². The minimum absolute atomic E-state index is 0.0666. The van der Waals surface area contributed by atoms with Crippen molar-refractivity contribution in [1.29, 1.82) is 0 Å². The van der Waals surface area contributed by atoms with Crippen LogP contribution in [0.4, 0.5) is 5.69 Å². The van der Waals surface area contributed by atoms with Crippen LogP contribution in [0.2, 0.25) is 5.02 Å². The van der Waals surface area contributed by atoms with Gasteiger partial charge in [0.25, 0.3) is 5.69 Å². The second kappa shape index (κ2) is 10.4. The molecule has 1 N–H and O–H groups in total. The summed E-state index contributed by atoms with van der Waals surface area (Å²) in [5.74, 6) is 0.762. The van der Waals surface area contributed by atoms with E-state index in [9.17, 15) is 15.2 Å². The zero-order chi connectivity index (χ0) is 22.6. The lowest BCUT2D eigenvalue weighted by molar-refractivity contribution is -0.384. The number of hydrogen-bond acceptors (Lipinski definition) is 3. The largest absolute Gasteiger partial charge is 0.384 e. The Hall–Kier alpha value is -1.13. The van der Waals surface area contributed by atoms with E-state index in [-0.39, 0.29) is 22.0 Å². The van der Waals surface area contributed by atoms with E-state index >= 15 is 0 Å². The lowest BCUT2D eigenvalue weighted by Gasteiger charge is -2.45. The number of fused-ring (bicyclic) bond motifs is 1. The topological polar surface area (TPSA) is 63.4 Å². The number of nitrogens with zero attached hydrogens (tertiary/aromatic N) is 1. The Kier molecular flexibility index (Phi) is 7.82. The average Bonchev–Trinajstić information content (AvgIpc) is 3.46. The Morgan fingerprint density at radius 1 is 0.906 bits per heavy atom. The second-order valence-corrected chi connectivity index (χ2v) is 11.2. The normalized spacial score (nSPS) is 30.1. The maximum atomic E-state index is 12.8. The van der Waals surface area contributed by atoms with Crippen molar-refractivity contribution in [1.82, 2.24) is 0 Å². The van der Waals surface area contributed by atoms with E-state index in [2.05, 4.69) is 0 Å². The third kappa shape index (κ3) is 4.73. The molecule has 1 aromatic rings. The molecule has 3 unspecified atom stereocenters. The predicted molar refractivity (Wildman–Crippen MR) is 130 cm³/mol. The van der Waals surface area contributed by atoms with Gasteiger partial charge < -0.3 is 5.11 Å². The highest BCUT2D eigenvalue weighted by Crippen LogP contribution is 2.70. The highest BCUT2D eigenvalue weighted by Gasteiger charge is 2.67. The molecular weight excluding hydrogens is 422 g/mol. The van der Waals surface area contributed by atoms with E-state index in [0.29, 0.717) is 5.92 Å². The van der Waals surface area contributed by atoms with Crippen LogP contribution >= 0.6 is 11.6 Å². The van der Waals surface area contributed by atoms with Gasteiger partial charge in [0.2, 0.25) is 0 Å². The molecule has 4 nitrogen and oxygen atoms in total. The van der Waals surface area contributed by atoms with E-state index < -0.39 is 10.5 Å². The molecule has 0 spiro atoms. The standard InChI is InChI=1S/C27H40ClNO3/c28-24-19-22(16-17-25(24)29(31)32)27(30,21-13-9-5-1-2-6-10-14-21)26-18-12-8-4-3-7-11-15-23(26)20-26/h16-17,19,21,23,30H,1-15,18,20H2. The first-order valence-electron chi connectivity index (χ1n) is 13.2.